The Morgan fingerprint density at radius 3 is 2.67 bits per heavy atom. The highest BCUT2D eigenvalue weighted by Crippen LogP contribution is 2.37. The number of nitrogens with one attached hydrogen (secondary N) is 1. The van der Waals surface area contributed by atoms with Crippen molar-refractivity contribution < 1.29 is 14.8 Å². The third-order valence-corrected chi connectivity index (χ3v) is 3.30. The number of carboxylic acid groups (broad SMARTS) is 1. The van der Waals surface area contributed by atoms with Crippen LogP contribution in [0.5, 0.6) is 0 Å². The fourth-order valence-electron chi connectivity index (χ4n) is 1.77. The van der Waals surface area contributed by atoms with Crippen molar-refractivity contribution in [2.24, 2.45) is 0 Å². The van der Waals surface area contributed by atoms with Gasteiger partial charge in [-0.3, -0.25) is 10.1 Å². The Morgan fingerprint density at radius 1 is 1.61 bits per heavy atom. The molecule has 1 aromatic heterocycles. The third kappa shape index (κ3) is 2.08. The minimum atomic E-state index is -1.05. The summed E-state index contributed by atoms with van der Waals surface area (Å²) in [5, 5.41) is 22.5. The molecule has 0 amide bonds. The zero-order valence-electron chi connectivity index (χ0n) is 9.22. The molecule has 1 aliphatic carbocycles. The van der Waals surface area contributed by atoms with E-state index in [2.05, 4.69) is 10.3 Å². The van der Waals surface area contributed by atoms with Gasteiger partial charge in [0.2, 0.25) is 0 Å². The zero-order valence-corrected chi connectivity index (χ0v) is 9.98. The molecule has 0 spiro atoms. The lowest BCUT2D eigenvalue weighted by atomic mass is 9.77. The molecule has 1 heterocycles. The molecule has 2 N–H and O–H groups in total. The van der Waals surface area contributed by atoms with Crippen LogP contribution in [-0.4, -0.2) is 26.5 Å². The van der Waals surface area contributed by atoms with Crippen LogP contribution < -0.4 is 5.32 Å². The number of halogens is 1. The topological polar surface area (TPSA) is 105 Å². The van der Waals surface area contributed by atoms with Crippen LogP contribution in [0.4, 0.5) is 11.5 Å². The number of pyridine rings is 1. The van der Waals surface area contributed by atoms with Crippen LogP contribution in [-0.2, 0) is 4.79 Å². The van der Waals surface area contributed by atoms with Crippen LogP contribution in [0.3, 0.4) is 0 Å². The molecule has 1 aliphatic rings. The fourth-order valence-corrected chi connectivity index (χ4v) is 1.98. The minimum Gasteiger partial charge on any atom is -0.480 e. The maximum absolute atomic E-state index is 11.2. The number of nitrogens with zero attached hydrogens (tertiary/aromatic N) is 2. The monoisotopic (exact) mass is 271 g/mol. The van der Waals surface area contributed by atoms with Gasteiger partial charge in [-0.05, 0) is 19.3 Å². The van der Waals surface area contributed by atoms with E-state index in [-0.39, 0.29) is 16.5 Å². The molecule has 18 heavy (non-hydrogen) atoms. The van der Waals surface area contributed by atoms with Crippen LogP contribution in [0.25, 0.3) is 0 Å². The van der Waals surface area contributed by atoms with E-state index >= 15 is 0 Å². The number of carbonyl (C=O) groups is 1. The van der Waals surface area contributed by atoms with E-state index in [4.69, 9.17) is 16.7 Å². The molecular formula is C10H10ClN3O4. The van der Waals surface area contributed by atoms with Crippen molar-refractivity contribution in [3.8, 4) is 0 Å². The highest BCUT2D eigenvalue weighted by molar-refractivity contribution is 6.33. The Morgan fingerprint density at radius 2 is 2.28 bits per heavy atom. The Bertz CT molecular complexity index is 516. The average Bonchev–Trinajstić information content (AvgIpc) is 2.24. The molecule has 0 saturated heterocycles. The second-order valence-electron chi connectivity index (χ2n) is 4.15. The smallest absolute Gasteiger partial charge is 0.329 e. The normalized spacial score (nSPS) is 16.7. The van der Waals surface area contributed by atoms with Crippen molar-refractivity contribution in [1.29, 1.82) is 0 Å². The second-order valence-corrected chi connectivity index (χ2v) is 4.55. The van der Waals surface area contributed by atoms with Gasteiger partial charge in [0.1, 0.15) is 17.6 Å². The molecule has 0 unspecified atom stereocenters. The lowest BCUT2D eigenvalue weighted by molar-refractivity contribution is -0.385. The molecule has 7 nitrogen and oxygen atoms in total. The van der Waals surface area contributed by atoms with Crippen molar-refractivity contribution in [2.75, 3.05) is 5.32 Å². The van der Waals surface area contributed by atoms with Crippen LogP contribution in [0.1, 0.15) is 19.3 Å². The maximum atomic E-state index is 11.2. The first-order chi connectivity index (χ1) is 8.44. The van der Waals surface area contributed by atoms with E-state index in [1.165, 1.54) is 0 Å². The summed E-state index contributed by atoms with van der Waals surface area (Å²) in [4.78, 5) is 24.9. The summed E-state index contributed by atoms with van der Waals surface area (Å²) in [6.07, 6.45) is 2.82. The van der Waals surface area contributed by atoms with Gasteiger partial charge in [0.15, 0.2) is 0 Å². The first-order valence-electron chi connectivity index (χ1n) is 5.26. The summed E-state index contributed by atoms with van der Waals surface area (Å²) in [5.74, 6) is -0.811. The molecule has 0 bridgehead atoms. The second kappa shape index (κ2) is 4.41. The van der Waals surface area contributed by atoms with E-state index in [0.717, 1.165) is 18.7 Å². The van der Waals surface area contributed by atoms with Gasteiger partial charge in [0.05, 0.1) is 9.95 Å². The summed E-state index contributed by atoms with van der Waals surface area (Å²) in [6.45, 7) is 0. The van der Waals surface area contributed by atoms with Gasteiger partial charge in [-0.2, -0.15) is 0 Å². The quantitative estimate of drug-likeness (QED) is 0.641. The summed E-state index contributed by atoms with van der Waals surface area (Å²) in [7, 11) is 0. The number of rotatable bonds is 4. The van der Waals surface area contributed by atoms with Crippen LogP contribution in [0.2, 0.25) is 5.02 Å². The van der Waals surface area contributed by atoms with E-state index in [9.17, 15) is 14.9 Å². The number of aromatic nitrogens is 1. The maximum Gasteiger partial charge on any atom is 0.329 e. The Balaban J connectivity index is 2.24. The van der Waals surface area contributed by atoms with Gasteiger partial charge in [0, 0.05) is 6.07 Å². The largest absolute Gasteiger partial charge is 0.480 e. The number of hydrogen-bond donors (Lipinski definition) is 2. The van der Waals surface area contributed by atoms with Crippen molar-refractivity contribution >= 4 is 29.1 Å². The summed E-state index contributed by atoms with van der Waals surface area (Å²) in [6, 6.07) is 1.14. The minimum absolute atomic E-state index is 0.0386. The standard InChI is InChI=1S/C10H10ClN3O4/c11-7-4-6(14(17)18)5-12-8(7)13-10(9(15)16)2-1-3-10/h4-5H,1-3H2,(H,12,13)(H,15,16). The van der Waals surface area contributed by atoms with Crippen LogP contribution in [0.15, 0.2) is 12.3 Å². The predicted molar refractivity (Wildman–Crippen MR) is 63.7 cm³/mol. The van der Waals surface area contributed by atoms with E-state index in [1.807, 2.05) is 0 Å². The highest BCUT2D eigenvalue weighted by atomic mass is 35.5. The number of hydrogen-bond acceptors (Lipinski definition) is 5. The van der Waals surface area contributed by atoms with Crippen molar-refractivity contribution in [3.63, 3.8) is 0 Å². The van der Waals surface area contributed by atoms with Crippen LogP contribution in [0, 0.1) is 10.1 Å². The first kappa shape index (κ1) is 12.6. The Hall–Kier alpha value is -1.89. The molecule has 1 fully saturated rings. The third-order valence-electron chi connectivity index (χ3n) is 3.01. The van der Waals surface area contributed by atoms with Gasteiger partial charge in [-0.15, -0.1) is 0 Å². The predicted octanol–water partition coefficient (Wildman–Crippen LogP) is 2.06. The number of nitro groups is 1. The number of anilines is 1. The number of aliphatic carboxylic acids is 1. The lowest BCUT2D eigenvalue weighted by Gasteiger charge is -2.38. The van der Waals surface area contributed by atoms with E-state index < -0.39 is 16.4 Å². The van der Waals surface area contributed by atoms with Crippen molar-refractivity contribution in [3.05, 3.63) is 27.4 Å². The van der Waals surface area contributed by atoms with Gasteiger partial charge < -0.3 is 10.4 Å². The SMILES string of the molecule is O=C(O)C1(Nc2ncc([N+](=O)[O-])cc2Cl)CCC1. The zero-order chi connectivity index (χ0) is 13.3. The summed E-state index contributed by atoms with van der Waals surface area (Å²) in [5.41, 5.74) is -1.28. The van der Waals surface area contributed by atoms with Gasteiger partial charge in [-0.1, -0.05) is 11.6 Å². The molecule has 0 atom stereocenters. The Labute approximate surface area is 107 Å². The molecule has 0 radical (unpaired) electrons. The molecule has 0 aliphatic heterocycles. The molecule has 8 heteroatoms. The van der Waals surface area contributed by atoms with E-state index in [0.29, 0.717) is 12.8 Å². The van der Waals surface area contributed by atoms with Gasteiger partial charge in [-0.25, -0.2) is 9.78 Å². The molecular weight excluding hydrogens is 262 g/mol. The van der Waals surface area contributed by atoms with Gasteiger partial charge in [0.25, 0.3) is 5.69 Å². The van der Waals surface area contributed by atoms with E-state index in [1.54, 1.807) is 0 Å². The molecule has 2 rings (SSSR count). The summed E-state index contributed by atoms with van der Waals surface area (Å²) >= 11 is 5.84. The van der Waals surface area contributed by atoms with Gasteiger partial charge >= 0.3 is 5.97 Å². The highest BCUT2D eigenvalue weighted by Gasteiger charge is 2.45. The Kier molecular flexibility index (Phi) is 3.08. The summed E-state index contributed by atoms with van der Waals surface area (Å²) < 4.78 is 0. The molecule has 96 valence electrons. The average molecular weight is 272 g/mol. The van der Waals surface area contributed by atoms with Crippen molar-refractivity contribution in [1.82, 2.24) is 4.98 Å². The molecule has 0 aromatic carbocycles. The number of carboxylic acids is 1. The van der Waals surface area contributed by atoms with Crippen LogP contribution >= 0.6 is 11.6 Å². The molecule has 1 aromatic rings. The first-order valence-corrected chi connectivity index (χ1v) is 5.64. The van der Waals surface area contributed by atoms with Crippen molar-refractivity contribution in [2.45, 2.75) is 24.8 Å². The molecule has 1 saturated carbocycles. The lowest BCUT2D eigenvalue weighted by Crippen LogP contribution is -2.52. The fraction of sp³-hybridized carbons (Fsp3) is 0.400.